The first kappa shape index (κ1) is 18.2. The van der Waals surface area contributed by atoms with Crippen molar-refractivity contribution in [3.05, 3.63) is 34.4 Å². The molecule has 0 N–H and O–H groups in total. The van der Waals surface area contributed by atoms with Gasteiger partial charge in [0.25, 0.3) is 0 Å². The molecule has 1 saturated heterocycles. The van der Waals surface area contributed by atoms with E-state index in [1.165, 1.54) is 0 Å². The lowest BCUT2D eigenvalue weighted by molar-refractivity contribution is -0.124. The van der Waals surface area contributed by atoms with E-state index < -0.39 is 5.41 Å². The number of hydrogen-bond donors (Lipinski definition) is 0. The number of likely N-dealkylation sites (tertiary alicyclic amines) is 1. The third-order valence-corrected chi connectivity index (χ3v) is 6.07. The smallest absolute Gasteiger partial charge is 0.410 e. The van der Waals surface area contributed by atoms with Crippen molar-refractivity contribution >= 4 is 44.5 Å². The van der Waals surface area contributed by atoms with Gasteiger partial charge in [-0.05, 0) is 44.9 Å². The highest BCUT2D eigenvalue weighted by Gasteiger charge is 2.52. The summed E-state index contributed by atoms with van der Waals surface area (Å²) < 4.78 is 6.28. The SMILES string of the molecule is CC(C)OC(=O)N1CCC2(CC1)C(=O)N(C)c1cnc3ccc(Br)cc3c12. The van der Waals surface area contributed by atoms with Crippen molar-refractivity contribution in [2.24, 2.45) is 0 Å². The number of ether oxygens (including phenoxy) is 1. The van der Waals surface area contributed by atoms with Crippen LogP contribution in [0, 0.1) is 0 Å². The molecule has 1 fully saturated rings. The van der Waals surface area contributed by atoms with Crippen molar-refractivity contribution in [3.63, 3.8) is 0 Å². The van der Waals surface area contributed by atoms with Crippen molar-refractivity contribution in [2.75, 3.05) is 25.0 Å². The molecule has 0 atom stereocenters. The molecule has 0 aliphatic carbocycles. The van der Waals surface area contributed by atoms with Crippen LogP contribution in [0.5, 0.6) is 0 Å². The van der Waals surface area contributed by atoms with Crippen LogP contribution in [0.4, 0.5) is 10.5 Å². The molecule has 2 aliphatic heterocycles. The van der Waals surface area contributed by atoms with Crippen LogP contribution in [-0.4, -0.2) is 48.1 Å². The number of rotatable bonds is 1. The summed E-state index contributed by atoms with van der Waals surface area (Å²) in [5.41, 5.74) is 2.17. The fourth-order valence-electron chi connectivity index (χ4n) is 4.26. The normalized spacial score (nSPS) is 18.5. The van der Waals surface area contributed by atoms with E-state index in [0.717, 1.165) is 26.6 Å². The second-order valence-corrected chi connectivity index (χ2v) is 8.46. The van der Waals surface area contributed by atoms with Crippen molar-refractivity contribution in [1.29, 1.82) is 0 Å². The van der Waals surface area contributed by atoms with Crippen molar-refractivity contribution in [2.45, 2.75) is 38.2 Å². The zero-order valence-corrected chi connectivity index (χ0v) is 17.2. The van der Waals surface area contributed by atoms with Crippen LogP contribution < -0.4 is 4.90 Å². The molecule has 0 radical (unpaired) electrons. The maximum Gasteiger partial charge on any atom is 0.410 e. The standard InChI is InChI=1S/C20H22BrN3O3/c1-12(2)27-19(26)24-8-6-20(7-9-24)17-14-10-13(21)4-5-15(14)22-11-16(17)23(3)18(20)25/h4-5,10-12H,6-9H2,1-3H3. The Balaban J connectivity index is 1.75. The summed E-state index contributed by atoms with van der Waals surface area (Å²) in [6, 6.07) is 5.96. The summed E-state index contributed by atoms with van der Waals surface area (Å²) in [7, 11) is 1.81. The number of pyridine rings is 1. The molecule has 0 bridgehead atoms. The molecule has 0 unspecified atom stereocenters. The number of amides is 2. The minimum absolute atomic E-state index is 0.0867. The molecule has 0 saturated carbocycles. The average molecular weight is 432 g/mol. The number of aromatic nitrogens is 1. The first-order valence-electron chi connectivity index (χ1n) is 9.16. The van der Waals surface area contributed by atoms with Gasteiger partial charge < -0.3 is 14.5 Å². The Labute approximate surface area is 166 Å². The molecule has 1 spiro atoms. The minimum atomic E-state index is -0.610. The monoisotopic (exact) mass is 431 g/mol. The summed E-state index contributed by atoms with van der Waals surface area (Å²) in [6.07, 6.45) is 2.50. The Hall–Kier alpha value is -2.15. The second kappa shape index (κ2) is 6.48. The maximum atomic E-state index is 13.3. The van der Waals surface area contributed by atoms with Crippen LogP contribution in [-0.2, 0) is 14.9 Å². The van der Waals surface area contributed by atoms with E-state index in [1.54, 1.807) is 23.0 Å². The minimum Gasteiger partial charge on any atom is -0.447 e. The van der Waals surface area contributed by atoms with Crippen LogP contribution in [0.1, 0.15) is 32.3 Å². The first-order chi connectivity index (χ1) is 12.8. The Morgan fingerprint density at radius 2 is 2.00 bits per heavy atom. The molecule has 1 aromatic carbocycles. The number of nitrogens with zero attached hydrogens (tertiary/aromatic N) is 3. The van der Waals surface area contributed by atoms with Gasteiger partial charge in [0.15, 0.2) is 0 Å². The second-order valence-electron chi connectivity index (χ2n) is 7.55. The molecule has 27 heavy (non-hydrogen) atoms. The van der Waals surface area contributed by atoms with Gasteiger partial charge in [-0.2, -0.15) is 0 Å². The Morgan fingerprint density at radius 1 is 1.30 bits per heavy atom. The van der Waals surface area contributed by atoms with Crippen molar-refractivity contribution in [3.8, 4) is 0 Å². The molecule has 4 rings (SSSR count). The van der Waals surface area contributed by atoms with E-state index in [1.807, 2.05) is 32.0 Å². The van der Waals surface area contributed by atoms with E-state index in [2.05, 4.69) is 20.9 Å². The van der Waals surface area contributed by atoms with Gasteiger partial charge in [0.2, 0.25) is 5.91 Å². The van der Waals surface area contributed by atoms with Crippen LogP contribution >= 0.6 is 15.9 Å². The van der Waals surface area contributed by atoms with Crippen LogP contribution in [0.15, 0.2) is 28.9 Å². The lowest BCUT2D eigenvalue weighted by Gasteiger charge is -2.38. The number of carbonyl (C=O) groups excluding carboxylic acids is 2. The van der Waals surface area contributed by atoms with Gasteiger partial charge in [-0.25, -0.2) is 4.79 Å². The molecule has 2 aromatic rings. The topological polar surface area (TPSA) is 62.7 Å². The molecule has 6 nitrogen and oxygen atoms in total. The lowest BCUT2D eigenvalue weighted by Crippen LogP contribution is -2.50. The number of carbonyl (C=O) groups is 2. The van der Waals surface area contributed by atoms with E-state index in [0.29, 0.717) is 25.9 Å². The number of fused-ring (bicyclic) bond motifs is 4. The third kappa shape index (κ3) is 2.79. The zero-order chi connectivity index (χ0) is 19.3. The fraction of sp³-hybridized carbons (Fsp3) is 0.450. The quantitative estimate of drug-likeness (QED) is 0.687. The third-order valence-electron chi connectivity index (χ3n) is 5.58. The molecule has 7 heteroatoms. The number of likely N-dealkylation sites (N-methyl/N-ethyl adjacent to an activating group) is 1. The van der Waals surface area contributed by atoms with E-state index in [4.69, 9.17) is 4.74 Å². The molecule has 3 heterocycles. The van der Waals surface area contributed by atoms with Gasteiger partial charge in [0.05, 0.1) is 28.9 Å². The largest absolute Gasteiger partial charge is 0.447 e. The van der Waals surface area contributed by atoms with E-state index in [9.17, 15) is 9.59 Å². The Bertz CT molecular complexity index is 935. The van der Waals surface area contributed by atoms with E-state index in [-0.39, 0.29) is 18.1 Å². The van der Waals surface area contributed by atoms with Crippen molar-refractivity contribution < 1.29 is 14.3 Å². The van der Waals surface area contributed by atoms with E-state index >= 15 is 0 Å². The highest BCUT2D eigenvalue weighted by Crippen LogP contribution is 2.50. The number of piperidine rings is 1. The van der Waals surface area contributed by atoms with Gasteiger partial charge in [0.1, 0.15) is 0 Å². The van der Waals surface area contributed by atoms with Crippen LogP contribution in [0.25, 0.3) is 10.9 Å². The van der Waals surface area contributed by atoms with Gasteiger partial charge in [-0.3, -0.25) is 9.78 Å². The molecule has 2 amide bonds. The molecule has 1 aromatic heterocycles. The van der Waals surface area contributed by atoms with Crippen LogP contribution in [0.2, 0.25) is 0 Å². The van der Waals surface area contributed by atoms with Gasteiger partial charge in [-0.15, -0.1) is 0 Å². The lowest BCUT2D eigenvalue weighted by atomic mass is 9.72. The summed E-state index contributed by atoms with van der Waals surface area (Å²) in [5, 5.41) is 0.998. The van der Waals surface area contributed by atoms with Crippen LogP contribution in [0.3, 0.4) is 0 Å². The van der Waals surface area contributed by atoms with Gasteiger partial charge in [-0.1, -0.05) is 15.9 Å². The summed E-state index contributed by atoms with van der Waals surface area (Å²) in [6.45, 7) is 4.68. The first-order valence-corrected chi connectivity index (χ1v) is 9.95. The predicted octanol–water partition coefficient (Wildman–Crippen LogP) is 3.85. The molecular formula is C20H22BrN3O3. The number of benzene rings is 1. The number of hydrogen-bond acceptors (Lipinski definition) is 4. The predicted molar refractivity (Wildman–Crippen MR) is 107 cm³/mol. The van der Waals surface area contributed by atoms with Gasteiger partial charge >= 0.3 is 6.09 Å². The Kier molecular flexibility index (Phi) is 4.37. The summed E-state index contributed by atoms with van der Waals surface area (Å²) in [4.78, 5) is 33.5. The summed E-state index contributed by atoms with van der Waals surface area (Å²) in [5.74, 6) is 0.0867. The van der Waals surface area contributed by atoms with Gasteiger partial charge in [0, 0.05) is 35.6 Å². The summed E-state index contributed by atoms with van der Waals surface area (Å²) >= 11 is 3.54. The fourth-order valence-corrected chi connectivity index (χ4v) is 4.62. The van der Waals surface area contributed by atoms with Crippen molar-refractivity contribution in [1.82, 2.24) is 9.88 Å². The highest BCUT2D eigenvalue weighted by atomic mass is 79.9. The number of anilines is 1. The Morgan fingerprint density at radius 3 is 2.67 bits per heavy atom. The molecule has 142 valence electrons. The molecular weight excluding hydrogens is 410 g/mol. The average Bonchev–Trinajstić information content (AvgIpc) is 2.84. The molecule has 2 aliphatic rings. The number of halogens is 1. The highest BCUT2D eigenvalue weighted by molar-refractivity contribution is 9.10. The maximum absolute atomic E-state index is 13.3. The zero-order valence-electron chi connectivity index (χ0n) is 15.7.